The third kappa shape index (κ3) is 4.54. The average molecular weight is 337 g/mol. The van der Waals surface area contributed by atoms with Gasteiger partial charge in [0.1, 0.15) is 24.7 Å². The monoisotopic (exact) mass is 336 g/mol. The number of ether oxygens (including phenoxy) is 2. The standard InChI is InChI=1S/C16H17BrO3/c1-12(18)13-3-2-4-16(11-13)20-10-9-19-15-7-5-14(17)6-8-15/h2-8,11-12,18H,9-10H2,1H3. The van der Waals surface area contributed by atoms with Gasteiger partial charge in [-0.25, -0.2) is 0 Å². The third-order valence-electron chi connectivity index (χ3n) is 2.77. The van der Waals surface area contributed by atoms with E-state index in [2.05, 4.69) is 15.9 Å². The second-order valence-corrected chi connectivity index (χ2v) is 5.31. The molecule has 1 atom stereocenters. The zero-order chi connectivity index (χ0) is 14.4. The summed E-state index contributed by atoms with van der Waals surface area (Å²) >= 11 is 3.38. The molecule has 2 rings (SSSR count). The lowest BCUT2D eigenvalue weighted by Crippen LogP contribution is -2.09. The van der Waals surface area contributed by atoms with E-state index in [1.165, 1.54) is 0 Å². The molecule has 0 amide bonds. The van der Waals surface area contributed by atoms with E-state index < -0.39 is 6.10 Å². The van der Waals surface area contributed by atoms with Crippen molar-refractivity contribution in [1.82, 2.24) is 0 Å². The highest BCUT2D eigenvalue weighted by molar-refractivity contribution is 9.10. The Morgan fingerprint density at radius 3 is 2.30 bits per heavy atom. The summed E-state index contributed by atoms with van der Waals surface area (Å²) in [4.78, 5) is 0. The van der Waals surface area contributed by atoms with Gasteiger partial charge in [0.15, 0.2) is 0 Å². The molecule has 1 N–H and O–H groups in total. The van der Waals surface area contributed by atoms with E-state index in [1.807, 2.05) is 48.5 Å². The van der Waals surface area contributed by atoms with E-state index in [1.54, 1.807) is 6.92 Å². The van der Waals surface area contributed by atoms with Crippen LogP contribution in [0.15, 0.2) is 53.0 Å². The quantitative estimate of drug-likeness (QED) is 0.811. The highest BCUT2D eigenvalue weighted by atomic mass is 79.9. The minimum atomic E-state index is -0.488. The minimum Gasteiger partial charge on any atom is -0.490 e. The topological polar surface area (TPSA) is 38.7 Å². The van der Waals surface area contributed by atoms with Crippen LogP contribution in [0.5, 0.6) is 11.5 Å². The van der Waals surface area contributed by atoms with Crippen molar-refractivity contribution in [2.24, 2.45) is 0 Å². The van der Waals surface area contributed by atoms with Crippen molar-refractivity contribution in [1.29, 1.82) is 0 Å². The van der Waals surface area contributed by atoms with Crippen molar-refractivity contribution < 1.29 is 14.6 Å². The predicted octanol–water partition coefficient (Wildman–Crippen LogP) is 3.96. The minimum absolute atomic E-state index is 0.458. The molecule has 0 aliphatic heterocycles. The maximum atomic E-state index is 9.51. The molecule has 0 spiro atoms. The van der Waals surface area contributed by atoms with Crippen molar-refractivity contribution in [3.8, 4) is 11.5 Å². The van der Waals surface area contributed by atoms with Crippen LogP contribution in [0.4, 0.5) is 0 Å². The van der Waals surface area contributed by atoms with Gasteiger partial charge in [0.05, 0.1) is 6.10 Å². The van der Waals surface area contributed by atoms with E-state index in [0.717, 1.165) is 21.5 Å². The number of aliphatic hydroxyl groups is 1. The highest BCUT2D eigenvalue weighted by Crippen LogP contribution is 2.19. The summed E-state index contributed by atoms with van der Waals surface area (Å²) in [7, 11) is 0. The van der Waals surface area contributed by atoms with E-state index >= 15 is 0 Å². The molecule has 0 aliphatic carbocycles. The molecule has 3 nitrogen and oxygen atoms in total. The van der Waals surface area contributed by atoms with E-state index in [9.17, 15) is 5.11 Å². The molecule has 0 bridgehead atoms. The molecule has 0 aliphatic rings. The lowest BCUT2D eigenvalue weighted by molar-refractivity contribution is 0.196. The van der Waals surface area contributed by atoms with Gasteiger partial charge in [-0.2, -0.15) is 0 Å². The van der Waals surface area contributed by atoms with Gasteiger partial charge in [0.25, 0.3) is 0 Å². The molecule has 2 aromatic carbocycles. The van der Waals surface area contributed by atoms with Gasteiger partial charge in [-0.1, -0.05) is 28.1 Å². The number of aliphatic hydroxyl groups excluding tert-OH is 1. The third-order valence-corrected chi connectivity index (χ3v) is 3.30. The van der Waals surface area contributed by atoms with Crippen molar-refractivity contribution in [2.75, 3.05) is 13.2 Å². The van der Waals surface area contributed by atoms with E-state index in [0.29, 0.717) is 13.2 Å². The maximum Gasteiger partial charge on any atom is 0.122 e. The Kier molecular flexibility index (Phi) is 5.44. The molecule has 0 heterocycles. The van der Waals surface area contributed by atoms with Gasteiger partial charge in [-0.05, 0) is 48.9 Å². The molecular weight excluding hydrogens is 320 g/mol. The van der Waals surface area contributed by atoms with Crippen molar-refractivity contribution in [3.05, 3.63) is 58.6 Å². The molecule has 106 valence electrons. The van der Waals surface area contributed by atoms with Gasteiger partial charge in [-0.3, -0.25) is 0 Å². The first-order valence-corrected chi connectivity index (χ1v) is 7.23. The normalized spacial score (nSPS) is 11.9. The molecule has 0 fully saturated rings. The Bertz CT molecular complexity index is 538. The van der Waals surface area contributed by atoms with Crippen LogP contribution in [0, 0.1) is 0 Å². The van der Waals surface area contributed by atoms with E-state index in [-0.39, 0.29) is 0 Å². The second-order valence-electron chi connectivity index (χ2n) is 4.40. The van der Waals surface area contributed by atoms with Crippen LogP contribution >= 0.6 is 15.9 Å². The van der Waals surface area contributed by atoms with Crippen LogP contribution in [-0.4, -0.2) is 18.3 Å². The molecule has 0 saturated carbocycles. The lowest BCUT2D eigenvalue weighted by atomic mass is 10.1. The largest absolute Gasteiger partial charge is 0.490 e. The lowest BCUT2D eigenvalue weighted by Gasteiger charge is -2.10. The summed E-state index contributed by atoms with van der Waals surface area (Å²) in [6, 6.07) is 15.1. The van der Waals surface area contributed by atoms with Crippen molar-refractivity contribution >= 4 is 15.9 Å². The van der Waals surface area contributed by atoms with Gasteiger partial charge < -0.3 is 14.6 Å². The number of rotatable bonds is 6. The van der Waals surface area contributed by atoms with Crippen LogP contribution in [0.3, 0.4) is 0 Å². The van der Waals surface area contributed by atoms with Crippen molar-refractivity contribution in [2.45, 2.75) is 13.0 Å². The molecule has 20 heavy (non-hydrogen) atoms. The number of hydrogen-bond donors (Lipinski definition) is 1. The van der Waals surface area contributed by atoms with Gasteiger partial charge in [0.2, 0.25) is 0 Å². The molecule has 0 saturated heterocycles. The second kappa shape index (κ2) is 7.31. The van der Waals surface area contributed by atoms with Crippen LogP contribution in [0.2, 0.25) is 0 Å². The Hall–Kier alpha value is -1.52. The Morgan fingerprint density at radius 1 is 1.00 bits per heavy atom. The fourth-order valence-corrected chi connectivity index (χ4v) is 1.98. The average Bonchev–Trinajstić information content (AvgIpc) is 2.46. The maximum absolute atomic E-state index is 9.51. The molecule has 1 unspecified atom stereocenters. The Morgan fingerprint density at radius 2 is 1.65 bits per heavy atom. The summed E-state index contributed by atoms with van der Waals surface area (Å²) in [6.45, 7) is 2.66. The molecule has 0 aromatic heterocycles. The number of benzene rings is 2. The highest BCUT2D eigenvalue weighted by Gasteiger charge is 2.02. The predicted molar refractivity (Wildman–Crippen MR) is 82.2 cm³/mol. The molecule has 4 heteroatoms. The molecule has 2 aromatic rings. The van der Waals surface area contributed by atoms with Crippen LogP contribution < -0.4 is 9.47 Å². The smallest absolute Gasteiger partial charge is 0.122 e. The summed E-state index contributed by atoms with van der Waals surface area (Å²) in [5.74, 6) is 1.55. The summed E-state index contributed by atoms with van der Waals surface area (Å²) in [6.07, 6.45) is -0.488. The first kappa shape index (κ1) is 14.9. The number of hydrogen-bond acceptors (Lipinski definition) is 3. The molecular formula is C16H17BrO3. The van der Waals surface area contributed by atoms with Crippen molar-refractivity contribution in [3.63, 3.8) is 0 Å². The first-order valence-electron chi connectivity index (χ1n) is 6.44. The van der Waals surface area contributed by atoms with Gasteiger partial charge >= 0.3 is 0 Å². The fraction of sp³-hybridized carbons (Fsp3) is 0.250. The Balaban J connectivity index is 1.78. The zero-order valence-corrected chi connectivity index (χ0v) is 12.8. The fourth-order valence-electron chi connectivity index (χ4n) is 1.71. The Labute approximate surface area is 127 Å². The molecule has 0 radical (unpaired) electrons. The van der Waals surface area contributed by atoms with Crippen LogP contribution in [0.1, 0.15) is 18.6 Å². The number of halogens is 1. The SMILES string of the molecule is CC(O)c1cccc(OCCOc2ccc(Br)cc2)c1. The van der Waals surface area contributed by atoms with Gasteiger partial charge in [-0.15, -0.1) is 0 Å². The zero-order valence-electron chi connectivity index (χ0n) is 11.3. The van der Waals surface area contributed by atoms with Gasteiger partial charge in [0, 0.05) is 4.47 Å². The van der Waals surface area contributed by atoms with E-state index in [4.69, 9.17) is 9.47 Å². The van der Waals surface area contributed by atoms with Crippen LogP contribution in [0.25, 0.3) is 0 Å². The summed E-state index contributed by atoms with van der Waals surface area (Å²) in [5, 5.41) is 9.51. The van der Waals surface area contributed by atoms with Crippen LogP contribution in [-0.2, 0) is 0 Å². The summed E-state index contributed by atoms with van der Waals surface area (Å²) < 4.78 is 12.2. The summed E-state index contributed by atoms with van der Waals surface area (Å²) in [5.41, 5.74) is 0.844. The first-order chi connectivity index (χ1) is 9.65.